The average Bonchev–Trinajstić information content (AvgIpc) is 2.64. The minimum absolute atomic E-state index is 0.239. The molecule has 0 aliphatic carbocycles. The highest BCUT2D eigenvalue weighted by molar-refractivity contribution is 6.33. The van der Waals surface area contributed by atoms with E-state index in [4.69, 9.17) is 16.3 Å². The summed E-state index contributed by atoms with van der Waals surface area (Å²) in [5, 5.41) is 3.29. The Morgan fingerprint density at radius 3 is 2.31 bits per heavy atom. The molecule has 3 rings (SSSR count). The van der Waals surface area contributed by atoms with Crippen LogP contribution in [-0.4, -0.2) is 11.9 Å². The van der Waals surface area contributed by atoms with Crippen LogP contribution in [0, 0.1) is 0 Å². The van der Waals surface area contributed by atoms with Gasteiger partial charge in [0.15, 0.2) is 0 Å². The first-order chi connectivity index (χ1) is 12.5. The number of carbonyl (C=O) groups is 2. The van der Waals surface area contributed by atoms with Gasteiger partial charge in [-0.05, 0) is 47.5 Å². The van der Waals surface area contributed by atoms with Crippen molar-refractivity contribution in [2.24, 2.45) is 0 Å². The molecular formula is C21H16ClNO3. The summed E-state index contributed by atoms with van der Waals surface area (Å²) in [5.41, 5.74) is 2.88. The fourth-order valence-corrected chi connectivity index (χ4v) is 2.66. The first kappa shape index (κ1) is 17.7. The van der Waals surface area contributed by atoms with Crippen molar-refractivity contribution < 1.29 is 14.3 Å². The maximum atomic E-state index is 12.5. The summed E-state index contributed by atoms with van der Waals surface area (Å²) >= 11 is 6.08. The zero-order valence-electron chi connectivity index (χ0n) is 14.0. The number of esters is 1. The molecular weight excluding hydrogens is 350 g/mol. The highest BCUT2D eigenvalue weighted by Gasteiger charge is 2.09. The van der Waals surface area contributed by atoms with E-state index in [-0.39, 0.29) is 11.9 Å². The number of anilines is 1. The zero-order valence-corrected chi connectivity index (χ0v) is 14.8. The van der Waals surface area contributed by atoms with Crippen LogP contribution in [0.3, 0.4) is 0 Å². The number of carbonyl (C=O) groups excluding carboxylic acids is 2. The SMILES string of the molecule is CC(=O)Oc1ccc(-c2cccc(C(=O)Nc3ccccc3Cl)c2)cc1. The molecule has 0 saturated heterocycles. The molecule has 1 N–H and O–H groups in total. The lowest BCUT2D eigenvalue weighted by atomic mass is 10.0. The lowest BCUT2D eigenvalue weighted by molar-refractivity contribution is -0.131. The number of para-hydroxylation sites is 1. The second kappa shape index (κ2) is 7.85. The molecule has 4 nitrogen and oxygen atoms in total. The third-order valence-electron chi connectivity index (χ3n) is 3.70. The summed E-state index contributed by atoms with van der Waals surface area (Å²) in [4.78, 5) is 23.5. The highest BCUT2D eigenvalue weighted by Crippen LogP contribution is 2.25. The molecule has 0 aromatic heterocycles. The lowest BCUT2D eigenvalue weighted by Crippen LogP contribution is -2.12. The molecule has 26 heavy (non-hydrogen) atoms. The number of nitrogens with one attached hydrogen (secondary N) is 1. The zero-order chi connectivity index (χ0) is 18.5. The van der Waals surface area contributed by atoms with Gasteiger partial charge in [0.2, 0.25) is 0 Å². The van der Waals surface area contributed by atoms with Crippen LogP contribution >= 0.6 is 11.6 Å². The van der Waals surface area contributed by atoms with Crippen LogP contribution in [0.25, 0.3) is 11.1 Å². The van der Waals surface area contributed by atoms with Crippen molar-refractivity contribution >= 4 is 29.2 Å². The van der Waals surface area contributed by atoms with Gasteiger partial charge in [-0.15, -0.1) is 0 Å². The van der Waals surface area contributed by atoms with Gasteiger partial charge in [0.1, 0.15) is 5.75 Å². The van der Waals surface area contributed by atoms with E-state index in [0.717, 1.165) is 11.1 Å². The van der Waals surface area contributed by atoms with E-state index in [1.807, 2.05) is 30.3 Å². The monoisotopic (exact) mass is 365 g/mol. The highest BCUT2D eigenvalue weighted by atomic mass is 35.5. The quantitative estimate of drug-likeness (QED) is 0.511. The molecule has 3 aromatic carbocycles. The smallest absolute Gasteiger partial charge is 0.308 e. The van der Waals surface area contributed by atoms with Crippen molar-refractivity contribution in [2.75, 3.05) is 5.32 Å². The first-order valence-electron chi connectivity index (χ1n) is 7.98. The van der Waals surface area contributed by atoms with Crippen LogP contribution in [0.5, 0.6) is 5.75 Å². The second-order valence-corrected chi connectivity index (χ2v) is 6.04. The molecule has 0 saturated carbocycles. The van der Waals surface area contributed by atoms with Crippen molar-refractivity contribution in [1.82, 2.24) is 0 Å². The Bertz CT molecular complexity index is 951. The molecule has 0 unspecified atom stereocenters. The van der Waals surface area contributed by atoms with E-state index in [9.17, 15) is 9.59 Å². The molecule has 0 atom stereocenters. The third-order valence-corrected chi connectivity index (χ3v) is 4.03. The van der Waals surface area contributed by atoms with Crippen LogP contribution in [0.4, 0.5) is 5.69 Å². The van der Waals surface area contributed by atoms with Crippen LogP contribution in [0.15, 0.2) is 72.8 Å². The third kappa shape index (κ3) is 4.29. The summed E-state index contributed by atoms with van der Waals surface area (Å²) in [6, 6.07) is 21.4. The largest absolute Gasteiger partial charge is 0.427 e. The fraction of sp³-hybridized carbons (Fsp3) is 0.0476. The normalized spacial score (nSPS) is 10.2. The van der Waals surface area contributed by atoms with Crippen molar-refractivity contribution in [3.63, 3.8) is 0 Å². The van der Waals surface area contributed by atoms with Crippen molar-refractivity contribution in [3.05, 3.63) is 83.4 Å². The van der Waals surface area contributed by atoms with Gasteiger partial charge < -0.3 is 10.1 Å². The number of hydrogen-bond acceptors (Lipinski definition) is 3. The molecule has 0 heterocycles. The molecule has 0 radical (unpaired) electrons. The molecule has 3 aromatic rings. The molecule has 0 aliphatic heterocycles. The Morgan fingerprint density at radius 2 is 1.62 bits per heavy atom. The van der Waals surface area contributed by atoms with Gasteiger partial charge in [-0.3, -0.25) is 9.59 Å². The number of halogens is 1. The molecule has 0 bridgehead atoms. The lowest BCUT2D eigenvalue weighted by Gasteiger charge is -2.09. The minimum atomic E-state index is -0.365. The molecule has 1 amide bonds. The molecule has 5 heteroatoms. The number of hydrogen-bond donors (Lipinski definition) is 1. The Morgan fingerprint density at radius 1 is 0.885 bits per heavy atom. The summed E-state index contributed by atoms with van der Waals surface area (Å²) in [7, 11) is 0. The average molecular weight is 366 g/mol. The van der Waals surface area contributed by atoms with Gasteiger partial charge in [-0.1, -0.05) is 48.0 Å². The summed E-state index contributed by atoms with van der Waals surface area (Å²) in [6.07, 6.45) is 0. The topological polar surface area (TPSA) is 55.4 Å². The Hall–Kier alpha value is -3.11. The van der Waals surface area contributed by atoms with Crippen LogP contribution in [0.1, 0.15) is 17.3 Å². The van der Waals surface area contributed by atoms with Crippen LogP contribution in [-0.2, 0) is 4.79 Å². The van der Waals surface area contributed by atoms with E-state index in [0.29, 0.717) is 22.0 Å². The van der Waals surface area contributed by atoms with Gasteiger partial charge in [-0.2, -0.15) is 0 Å². The fourth-order valence-electron chi connectivity index (χ4n) is 2.48. The molecule has 0 spiro atoms. The molecule has 0 aliphatic rings. The maximum Gasteiger partial charge on any atom is 0.308 e. The number of ether oxygens (including phenoxy) is 1. The van der Waals surface area contributed by atoms with Gasteiger partial charge in [-0.25, -0.2) is 0 Å². The first-order valence-corrected chi connectivity index (χ1v) is 8.35. The predicted octanol–water partition coefficient (Wildman–Crippen LogP) is 5.18. The summed E-state index contributed by atoms with van der Waals surface area (Å²) in [6.45, 7) is 1.36. The second-order valence-electron chi connectivity index (χ2n) is 5.63. The Balaban J connectivity index is 1.80. The minimum Gasteiger partial charge on any atom is -0.427 e. The van der Waals surface area contributed by atoms with Gasteiger partial charge in [0.05, 0.1) is 10.7 Å². The number of amides is 1. The van der Waals surface area contributed by atoms with Crippen molar-refractivity contribution in [3.8, 4) is 16.9 Å². The van der Waals surface area contributed by atoms with Crippen molar-refractivity contribution in [1.29, 1.82) is 0 Å². The van der Waals surface area contributed by atoms with E-state index in [2.05, 4.69) is 5.32 Å². The molecule has 130 valence electrons. The Labute approximate surface area is 156 Å². The van der Waals surface area contributed by atoms with E-state index in [1.54, 1.807) is 42.5 Å². The summed E-state index contributed by atoms with van der Waals surface area (Å²) < 4.78 is 5.03. The standard InChI is InChI=1S/C21H16ClNO3/c1-14(24)26-18-11-9-15(10-12-18)16-5-4-6-17(13-16)21(25)23-20-8-3-2-7-19(20)22/h2-13H,1H3,(H,23,25). The van der Waals surface area contributed by atoms with Gasteiger partial charge in [0.25, 0.3) is 5.91 Å². The van der Waals surface area contributed by atoms with Crippen LogP contribution in [0.2, 0.25) is 5.02 Å². The maximum absolute atomic E-state index is 12.5. The predicted molar refractivity (Wildman–Crippen MR) is 103 cm³/mol. The van der Waals surface area contributed by atoms with E-state index >= 15 is 0 Å². The van der Waals surface area contributed by atoms with Crippen molar-refractivity contribution in [2.45, 2.75) is 6.92 Å². The van der Waals surface area contributed by atoms with Gasteiger partial charge in [0, 0.05) is 12.5 Å². The van der Waals surface area contributed by atoms with E-state index in [1.165, 1.54) is 6.92 Å². The van der Waals surface area contributed by atoms with E-state index < -0.39 is 0 Å². The number of rotatable bonds is 4. The van der Waals surface area contributed by atoms with Gasteiger partial charge >= 0.3 is 5.97 Å². The Kier molecular flexibility index (Phi) is 5.34. The van der Waals surface area contributed by atoms with Crippen LogP contribution < -0.4 is 10.1 Å². The number of benzene rings is 3. The summed E-state index contributed by atoms with van der Waals surface area (Å²) in [5.74, 6) is -0.124. The molecule has 0 fully saturated rings.